The molecular weight excluding hydrogens is 194 g/mol. The molecule has 0 radical (unpaired) electrons. The molecule has 0 amide bonds. The minimum Gasteiger partial charge on any atom is -0.373 e. The summed E-state index contributed by atoms with van der Waals surface area (Å²) in [5, 5.41) is 7.04. The Balaban J connectivity index is 1.91. The van der Waals surface area contributed by atoms with E-state index in [1.165, 1.54) is 30.3 Å². The van der Waals surface area contributed by atoms with Gasteiger partial charge in [-0.05, 0) is 18.5 Å². The summed E-state index contributed by atoms with van der Waals surface area (Å²) in [6, 6.07) is 2.90. The van der Waals surface area contributed by atoms with E-state index in [1.807, 2.05) is 11.3 Å². The van der Waals surface area contributed by atoms with Gasteiger partial charge in [0, 0.05) is 26.2 Å². The summed E-state index contributed by atoms with van der Waals surface area (Å²) >= 11 is 1.82. The second-order valence-corrected chi connectivity index (χ2v) is 5.04. The van der Waals surface area contributed by atoms with Crippen LogP contribution in [0.1, 0.15) is 0 Å². The van der Waals surface area contributed by atoms with Gasteiger partial charge in [-0.2, -0.15) is 0 Å². The Kier molecular flexibility index (Phi) is 1.92. The molecule has 1 saturated heterocycles. The van der Waals surface area contributed by atoms with Crippen LogP contribution in [-0.2, 0) is 0 Å². The molecule has 2 aliphatic heterocycles. The van der Waals surface area contributed by atoms with Gasteiger partial charge in [-0.1, -0.05) is 0 Å². The Labute approximate surface area is 88.3 Å². The molecule has 1 unspecified atom stereocenters. The molecular formula is C10H15N3S. The third-order valence-corrected chi connectivity index (χ3v) is 4.00. The summed E-state index contributed by atoms with van der Waals surface area (Å²) < 4.78 is 0. The van der Waals surface area contributed by atoms with Crippen LogP contribution in [0, 0.1) is 0 Å². The average Bonchev–Trinajstić information content (AvgIpc) is 2.65. The normalized spacial score (nSPS) is 26.6. The van der Waals surface area contributed by atoms with Crippen LogP contribution >= 0.6 is 11.3 Å². The first kappa shape index (κ1) is 8.56. The number of rotatable bonds is 0. The Morgan fingerprint density at radius 3 is 3.36 bits per heavy atom. The molecule has 0 aliphatic carbocycles. The first-order valence-corrected chi connectivity index (χ1v) is 5.99. The van der Waals surface area contributed by atoms with E-state index in [9.17, 15) is 0 Å². The second-order valence-electron chi connectivity index (χ2n) is 4.13. The summed E-state index contributed by atoms with van der Waals surface area (Å²) in [6.07, 6.45) is 0. The zero-order chi connectivity index (χ0) is 9.54. The number of hydrogen-bond acceptors (Lipinski definition) is 4. The zero-order valence-corrected chi connectivity index (χ0v) is 9.18. The Morgan fingerprint density at radius 1 is 1.50 bits per heavy atom. The van der Waals surface area contributed by atoms with Crippen LogP contribution in [0.4, 0.5) is 10.7 Å². The number of nitrogens with one attached hydrogen (secondary N) is 1. The van der Waals surface area contributed by atoms with E-state index < -0.39 is 0 Å². The van der Waals surface area contributed by atoms with Crippen LogP contribution in [0.2, 0.25) is 0 Å². The third kappa shape index (κ3) is 1.21. The lowest BCUT2D eigenvalue weighted by Crippen LogP contribution is -2.56. The van der Waals surface area contributed by atoms with E-state index in [2.05, 4.69) is 33.6 Å². The maximum atomic E-state index is 3.51. The smallest absolute Gasteiger partial charge is 0.112 e. The van der Waals surface area contributed by atoms with Crippen molar-refractivity contribution in [3.05, 3.63) is 11.4 Å². The van der Waals surface area contributed by atoms with Gasteiger partial charge in [-0.25, -0.2) is 0 Å². The lowest BCUT2D eigenvalue weighted by molar-refractivity contribution is 0.270. The monoisotopic (exact) mass is 209 g/mol. The maximum Gasteiger partial charge on any atom is 0.112 e. The molecule has 2 aliphatic rings. The molecule has 0 aromatic carbocycles. The van der Waals surface area contributed by atoms with E-state index in [1.54, 1.807) is 0 Å². The van der Waals surface area contributed by atoms with Crippen molar-refractivity contribution in [3.8, 4) is 0 Å². The van der Waals surface area contributed by atoms with E-state index in [0.29, 0.717) is 6.04 Å². The number of likely N-dealkylation sites (N-methyl/N-ethyl adjacent to an activating group) is 1. The fraction of sp³-hybridized carbons (Fsp3) is 0.600. The molecule has 1 aromatic rings. The van der Waals surface area contributed by atoms with Gasteiger partial charge in [0.05, 0.1) is 11.7 Å². The second kappa shape index (κ2) is 3.14. The van der Waals surface area contributed by atoms with Crippen LogP contribution in [0.15, 0.2) is 11.4 Å². The van der Waals surface area contributed by atoms with Crippen LogP contribution < -0.4 is 10.2 Å². The van der Waals surface area contributed by atoms with Gasteiger partial charge in [0.25, 0.3) is 0 Å². The molecule has 0 bridgehead atoms. The molecule has 0 spiro atoms. The van der Waals surface area contributed by atoms with Crippen molar-refractivity contribution in [2.45, 2.75) is 6.04 Å². The van der Waals surface area contributed by atoms with Gasteiger partial charge < -0.3 is 15.1 Å². The lowest BCUT2D eigenvalue weighted by atomic mass is 10.1. The van der Waals surface area contributed by atoms with Gasteiger partial charge in [-0.15, -0.1) is 11.3 Å². The molecule has 4 heteroatoms. The highest BCUT2D eigenvalue weighted by atomic mass is 32.1. The van der Waals surface area contributed by atoms with Gasteiger partial charge >= 0.3 is 0 Å². The predicted octanol–water partition coefficient (Wildman–Crippen LogP) is 1.29. The summed E-state index contributed by atoms with van der Waals surface area (Å²) in [5.41, 5.74) is 1.42. The molecule has 14 heavy (non-hydrogen) atoms. The molecule has 3 heterocycles. The summed E-state index contributed by atoms with van der Waals surface area (Å²) in [7, 11) is 2.21. The van der Waals surface area contributed by atoms with Gasteiger partial charge in [-0.3, -0.25) is 0 Å². The number of thiophene rings is 1. The van der Waals surface area contributed by atoms with Gasteiger partial charge in [0.15, 0.2) is 0 Å². The van der Waals surface area contributed by atoms with E-state index >= 15 is 0 Å². The zero-order valence-electron chi connectivity index (χ0n) is 8.36. The van der Waals surface area contributed by atoms with Crippen molar-refractivity contribution < 1.29 is 0 Å². The topological polar surface area (TPSA) is 18.5 Å². The van der Waals surface area contributed by atoms with E-state index in [4.69, 9.17) is 0 Å². The van der Waals surface area contributed by atoms with Crippen molar-refractivity contribution in [1.82, 2.24) is 4.90 Å². The van der Waals surface area contributed by atoms with Crippen LogP contribution in [-0.4, -0.2) is 44.2 Å². The molecule has 3 rings (SSSR count). The maximum absolute atomic E-state index is 3.51. The third-order valence-electron chi connectivity index (χ3n) is 3.14. The van der Waals surface area contributed by atoms with Crippen molar-refractivity contribution in [2.75, 3.05) is 43.4 Å². The Hall–Kier alpha value is -0.740. The predicted molar refractivity (Wildman–Crippen MR) is 61.4 cm³/mol. The largest absolute Gasteiger partial charge is 0.373 e. The summed E-state index contributed by atoms with van der Waals surface area (Å²) in [5.74, 6) is 0. The van der Waals surface area contributed by atoms with Crippen LogP contribution in [0.3, 0.4) is 0 Å². The van der Waals surface area contributed by atoms with Gasteiger partial charge in [0.1, 0.15) is 5.00 Å². The molecule has 1 atom stereocenters. The van der Waals surface area contributed by atoms with Crippen molar-refractivity contribution in [1.29, 1.82) is 0 Å². The summed E-state index contributed by atoms with van der Waals surface area (Å²) in [4.78, 5) is 4.97. The molecule has 3 nitrogen and oxygen atoms in total. The number of nitrogens with zero attached hydrogens (tertiary/aromatic N) is 2. The van der Waals surface area contributed by atoms with Crippen LogP contribution in [0.5, 0.6) is 0 Å². The highest BCUT2D eigenvalue weighted by Gasteiger charge is 2.30. The number of fused-ring (bicyclic) bond motifs is 3. The highest BCUT2D eigenvalue weighted by Crippen LogP contribution is 2.37. The first-order chi connectivity index (χ1) is 6.84. The van der Waals surface area contributed by atoms with Crippen molar-refractivity contribution >= 4 is 22.0 Å². The number of hydrogen-bond donors (Lipinski definition) is 1. The number of piperazine rings is 1. The molecule has 1 N–H and O–H groups in total. The first-order valence-electron chi connectivity index (χ1n) is 5.11. The van der Waals surface area contributed by atoms with Crippen LogP contribution in [0.25, 0.3) is 0 Å². The minimum atomic E-state index is 0.663. The molecule has 1 fully saturated rings. The minimum absolute atomic E-state index is 0.663. The molecule has 0 saturated carbocycles. The van der Waals surface area contributed by atoms with Crippen molar-refractivity contribution in [3.63, 3.8) is 0 Å². The Bertz CT molecular complexity index is 336. The molecule has 76 valence electrons. The van der Waals surface area contributed by atoms with E-state index in [-0.39, 0.29) is 0 Å². The highest BCUT2D eigenvalue weighted by molar-refractivity contribution is 7.14. The molecule has 1 aromatic heterocycles. The Morgan fingerprint density at radius 2 is 2.43 bits per heavy atom. The fourth-order valence-electron chi connectivity index (χ4n) is 2.37. The van der Waals surface area contributed by atoms with Gasteiger partial charge in [0.2, 0.25) is 0 Å². The van der Waals surface area contributed by atoms with E-state index in [0.717, 1.165) is 6.54 Å². The lowest BCUT2D eigenvalue weighted by Gasteiger charge is -2.44. The average molecular weight is 209 g/mol. The van der Waals surface area contributed by atoms with Crippen molar-refractivity contribution in [2.24, 2.45) is 0 Å². The SMILES string of the molecule is CN1CCN2c3ccsc3NCC2C1. The fourth-order valence-corrected chi connectivity index (χ4v) is 3.18. The summed E-state index contributed by atoms with van der Waals surface area (Å²) in [6.45, 7) is 4.64. The quantitative estimate of drug-likeness (QED) is 0.694. The standard InChI is InChI=1S/C10H15N3S/c1-12-3-4-13-8(7-12)6-11-10-9(13)2-5-14-10/h2,5,8,11H,3-4,6-7H2,1H3. The number of anilines is 2.